The zero-order valence-corrected chi connectivity index (χ0v) is 14.2. The van der Waals surface area contributed by atoms with Crippen molar-refractivity contribution in [2.75, 3.05) is 10.6 Å². The molecule has 0 bridgehead atoms. The fourth-order valence-electron chi connectivity index (χ4n) is 2.82. The Hall–Kier alpha value is -3.14. The molecule has 0 aliphatic rings. The lowest BCUT2D eigenvalue weighted by Gasteiger charge is -2.16. The summed E-state index contributed by atoms with van der Waals surface area (Å²) < 4.78 is 0. The molecule has 0 heterocycles. The second kappa shape index (κ2) is 7.18. The molecule has 3 aromatic carbocycles. The Bertz CT molecular complexity index is 911. The molecular formula is C21H20N2O2. The average Bonchev–Trinajstić information content (AvgIpc) is 2.61. The van der Waals surface area contributed by atoms with E-state index in [4.69, 9.17) is 0 Å². The summed E-state index contributed by atoms with van der Waals surface area (Å²) in [5, 5.41) is 8.22. The van der Waals surface area contributed by atoms with Crippen molar-refractivity contribution >= 4 is 33.8 Å². The van der Waals surface area contributed by atoms with Gasteiger partial charge >= 0.3 is 0 Å². The van der Waals surface area contributed by atoms with Crippen LogP contribution >= 0.6 is 0 Å². The van der Waals surface area contributed by atoms with Crippen LogP contribution in [0.25, 0.3) is 10.8 Å². The van der Waals surface area contributed by atoms with E-state index in [2.05, 4.69) is 10.6 Å². The van der Waals surface area contributed by atoms with Crippen LogP contribution in [0.1, 0.15) is 24.2 Å². The molecule has 0 fully saturated rings. The van der Waals surface area contributed by atoms with Crippen LogP contribution in [0.15, 0.2) is 66.7 Å². The molecule has 126 valence electrons. The first kappa shape index (κ1) is 16.7. The van der Waals surface area contributed by atoms with Gasteiger partial charge in [-0.05, 0) is 42.6 Å². The van der Waals surface area contributed by atoms with Crippen molar-refractivity contribution in [3.8, 4) is 0 Å². The predicted molar refractivity (Wildman–Crippen MR) is 102 cm³/mol. The van der Waals surface area contributed by atoms with Gasteiger partial charge < -0.3 is 10.6 Å². The van der Waals surface area contributed by atoms with Crippen molar-refractivity contribution in [3.63, 3.8) is 0 Å². The number of fused-ring (bicyclic) bond motifs is 1. The fourth-order valence-corrected chi connectivity index (χ4v) is 2.82. The van der Waals surface area contributed by atoms with Gasteiger partial charge in [0.2, 0.25) is 5.91 Å². The summed E-state index contributed by atoms with van der Waals surface area (Å²) in [5.41, 5.74) is 2.22. The molecule has 0 spiro atoms. The van der Waals surface area contributed by atoms with E-state index in [1.54, 1.807) is 24.3 Å². The maximum atomic E-state index is 12.7. The number of carbonyl (C=O) groups excluding carboxylic acids is 2. The van der Waals surface area contributed by atoms with Crippen molar-refractivity contribution in [1.82, 2.24) is 0 Å². The van der Waals surface area contributed by atoms with Gasteiger partial charge in [-0.25, -0.2) is 0 Å². The van der Waals surface area contributed by atoms with Gasteiger partial charge in [0.15, 0.2) is 5.78 Å². The molecular weight excluding hydrogens is 312 g/mol. The van der Waals surface area contributed by atoms with Crippen molar-refractivity contribution in [2.45, 2.75) is 19.9 Å². The summed E-state index contributed by atoms with van der Waals surface area (Å²) in [5.74, 6) is -0.132. The largest absolute Gasteiger partial charge is 0.375 e. The standard InChI is InChI=1S/C21H20N2O2/c1-14(21(25)17-10-12-18(13-11-17)23-15(2)24)22-20-9-5-7-16-6-3-4-8-19(16)20/h3-14,22H,1-2H3,(H,23,24)/t14-/m0/s1. The molecule has 0 saturated heterocycles. The smallest absolute Gasteiger partial charge is 0.221 e. The molecule has 25 heavy (non-hydrogen) atoms. The number of anilines is 2. The molecule has 3 rings (SSSR count). The average molecular weight is 332 g/mol. The van der Waals surface area contributed by atoms with Gasteiger partial charge in [-0.3, -0.25) is 9.59 Å². The summed E-state index contributed by atoms with van der Waals surface area (Å²) in [6.07, 6.45) is 0. The lowest BCUT2D eigenvalue weighted by molar-refractivity contribution is -0.114. The van der Waals surface area contributed by atoms with Crippen LogP contribution in [0.5, 0.6) is 0 Å². The number of benzene rings is 3. The zero-order valence-electron chi connectivity index (χ0n) is 14.2. The zero-order chi connectivity index (χ0) is 17.8. The number of carbonyl (C=O) groups is 2. The molecule has 4 heteroatoms. The molecule has 3 aromatic rings. The number of ketones is 1. The van der Waals surface area contributed by atoms with Crippen molar-refractivity contribution in [3.05, 3.63) is 72.3 Å². The van der Waals surface area contributed by atoms with Crippen molar-refractivity contribution in [2.24, 2.45) is 0 Å². The highest BCUT2D eigenvalue weighted by Crippen LogP contribution is 2.24. The minimum absolute atomic E-state index is 0.00214. The lowest BCUT2D eigenvalue weighted by Crippen LogP contribution is -2.26. The predicted octanol–water partition coefficient (Wildman–Crippen LogP) is 4.48. The highest BCUT2D eigenvalue weighted by molar-refractivity contribution is 6.03. The van der Waals surface area contributed by atoms with Gasteiger partial charge in [0.1, 0.15) is 0 Å². The van der Waals surface area contributed by atoms with E-state index in [-0.39, 0.29) is 17.7 Å². The molecule has 0 aliphatic carbocycles. The number of amides is 1. The Balaban J connectivity index is 1.77. The Labute approximate surface area is 146 Å². The van der Waals surface area contributed by atoms with Crippen LogP contribution in [0.3, 0.4) is 0 Å². The molecule has 0 aromatic heterocycles. The Morgan fingerprint density at radius 1 is 0.880 bits per heavy atom. The van der Waals surface area contributed by atoms with Crippen LogP contribution in [0.4, 0.5) is 11.4 Å². The molecule has 4 nitrogen and oxygen atoms in total. The minimum atomic E-state index is -0.363. The molecule has 1 amide bonds. The summed E-state index contributed by atoms with van der Waals surface area (Å²) >= 11 is 0. The number of hydrogen-bond acceptors (Lipinski definition) is 3. The van der Waals surface area contributed by atoms with E-state index >= 15 is 0 Å². The molecule has 0 radical (unpaired) electrons. The van der Waals surface area contributed by atoms with Crippen LogP contribution in [-0.4, -0.2) is 17.7 Å². The maximum Gasteiger partial charge on any atom is 0.221 e. The molecule has 0 saturated carbocycles. The van der Waals surface area contributed by atoms with Crippen LogP contribution in [0.2, 0.25) is 0 Å². The summed E-state index contributed by atoms with van der Waals surface area (Å²) in [6.45, 7) is 3.31. The lowest BCUT2D eigenvalue weighted by atomic mass is 10.0. The Kier molecular flexibility index (Phi) is 4.80. The Morgan fingerprint density at radius 3 is 2.28 bits per heavy atom. The maximum absolute atomic E-state index is 12.7. The van der Waals surface area contributed by atoms with E-state index in [1.165, 1.54) is 6.92 Å². The van der Waals surface area contributed by atoms with Crippen LogP contribution < -0.4 is 10.6 Å². The third kappa shape index (κ3) is 3.86. The molecule has 0 aliphatic heterocycles. The van der Waals surface area contributed by atoms with E-state index in [1.807, 2.05) is 49.4 Å². The van der Waals surface area contributed by atoms with Crippen LogP contribution in [-0.2, 0) is 4.79 Å². The summed E-state index contributed by atoms with van der Waals surface area (Å²) in [4.78, 5) is 23.7. The fraction of sp³-hybridized carbons (Fsp3) is 0.143. The topological polar surface area (TPSA) is 58.2 Å². The first-order valence-electron chi connectivity index (χ1n) is 8.21. The van der Waals surface area contributed by atoms with E-state index < -0.39 is 0 Å². The SMILES string of the molecule is CC(=O)Nc1ccc(C(=O)[C@H](C)Nc2cccc3ccccc23)cc1. The molecule has 1 atom stereocenters. The van der Waals surface area contributed by atoms with Gasteiger partial charge in [-0.2, -0.15) is 0 Å². The second-order valence-electron chi connectivity index (χ2n) is 6.02. The monoisotopic (exact) mass is 332 g/mol. The minimum Gasteiger partial charge on any atom is -0.375 e. The van der Waals surface area contributed by atoms with E-state index in [0.29, 0.717) is 11.3 Å². The second-order valence-corrected chi connectivity index (χ2v) is 6.02. The van der Waals surface area contributed by atoms with E-state index in [0.717, 1.165) is 16.5 Å². The van der Waals surface area contributed by atoms with Gasteiger partial charge in [-0.15, -0.1) is 0 Å². The van der Waals surface area contributed by atoms with Gasteiger partial charge in [-0.1, -0.05) is 36.4 Å². The van der Waals surface area contributed by atoms with Crippen molar-refractivity contribution in [1.29, 1.82) is 0 Å². The third-order valence-corrected chi connectivity index (χ3v) is 4.04. The number of rotatable bonds is 5. The third-order valence-electron chi connectivity index (χ3n) is 4.04. The van der Waals surface area contributed by atoms with Crippen molar-refractivity contribution < 1.29 is 9.59 Å². The molecule has 0 unspecified atom stereocenters. The quantitative estimate of drug-likeness (QED) is 0.677. The number of nitrogens with one attached hydrogen (secondary N) is 2. The molecule has 2 N–H and O–H groups in total. The normalized spacial score (nSPS) is 11.8. The Morgan fingerprint density at radius 2 is 1.56 bits per heavy atom. The van der Waals surface area contributed by atoms with E-state index in [9.17, 15) is 9.59 Å². The van der Waals surface area contributed by atoms with Gasteiger partial charge in [0.05, 0.1) is 6.04 Å². The number of hydrogen-bond donors (Lipinski definition) is 2. The highest BCUT2D eigenvalue weighted by atomic mass is 16.1. The van der Waals surface area contributed by atoms with Gasteiger partial charge in [0.25, 0.3) is 0 Å². The highest BCUT2D eigenvalue weighted by Gasteiger charge is 2.16. The summed E-state index contributed by atoms with van der Waals surface area (Å²) in [7, 11) is 0. The van der Waals surface area contributed by atoms with Crippen LogP contribution in [0, 0.1) is 0 Å². The van der Waals surface area contributed by atoms with Gasteiger partial charge in [0, 0.05) is 29.2 Å². The first-order chi connectivity index (χ1) is 12.0. The summed E-state index contributed by atoms with van der Waals surface area (Å²) in [6, 6.07) is 20.6. The first-order valence-corrected chi connectivity index (χ1v) is 8.21. The number of Topliss-reactive ketones (excluding diaryl/α,β-unsaturated/α-hetero) is 1.